The predicted octanol–water partition coefficient (Wildman–Crippen LogP) is 4.18. The van der Waals surface area contributed by atoms with E-state index >= 15 is 0 Å². The lowest BCUT2D eigenvalue weighted by atomic mass is 10.1. The minimum atomic E-state index is -0.418. The summed E-state index contributed by atoms with van der Waals surface area (Å²) < 4.78 is 16.3. The number of fused-ring (bicyclic) bond motifs is 3. The number of alkyl halides is 2. The third kappa shape index (κ3) is 3.38. The smallest absolute Gasteiger partial charge is 0.344 e. The maximum atomic E-state index is 12.2. The number of halogens is 2. The maximum absolute atomic E-state index is 12.2. The van der Waals surface area contributed by atoms with Crippen LogP contribution in [0.2, 0.25) is 0 Å². The zero-order chi connectivity index (χ0) is 16.2. The predicted molar refractivity (Wildman–Crippen MR) is 92.4 cm³/mol. The van der Waals surface area contributed by atoms with Crippen molar-refractivity contribution in [3.63, 3.8) is 0 Å². The fourth-order valence-corrected chi connectivity index (χ4v) is 2.54. The molecule has 0 saturated heterocycles. The summed E-state index contributed by atoms with van der Waals surface area (Å²) in [6, 6.07) is 10.7. The topological polar surface area (TPSA) is 48.7 Å². The average molecular weight is 353 g/mol. The Morgan fingerprint density at radius 3 is 2.09 bits per heavy atom. The Balaban J connectivity index is 2.10. The van der Waals surface area contributed by atoms with Gasteiger partial charge in [0, 0.05) is 16.8 Å². The highest BCUT2D eigenvalue weighted by atomic mass is 35.5. The highest BCUT2D eigenvalue weighted by molar-refractivity contribution is 6.18. The largest absolute Gasteiger partial charge is 0.492 e. The first kappa shape index (κ1) is 16.0. The van der Waals surface area contributed by atoms with Gasteiger partial charge in [-0.2, -0.15) is 0 Å². The van der Waals surface area contributed by atoms with Crippen LogP contribution in [0, 0.1) is 0 Å². The Morgan fingerprint density at radius 2 is 1.43 bits per heavy atom. The molecule has 2 aromatic carbocycles. The molecule has 23 heavy (non-hydrogen) atoms. The van der Waals surface area contributed by atoms with E-state index < -0.39 is 5.63 Å². The molecule has 1 heterocycles. The minimum absolute atomic E-state index is 0.382. The summed E-state index contributed by atoms with van der Waals surface area (Å²) in [5.41, 5.74) is 0.0577. The molecular weight excluding hydrogens is 339 g/mol. The maximum Gasteiger partial charge on any atom is 0.344 e. The number of hydrogen-bond acceptors (Lipinski definition) is 4. The molecule has 0 N–H and O–H groups in total. The van der Waals surface area contributed by atoms with Crippen LogP contribution in [-0.2, 0) is 0 Å². The summed E-state index contributed by atoms with van der Waals surface area (Å²) >= 11 is 11.2. The zero-order valence-corrected chi connectivity index (χ0v) is 13.7. The van der Waals surface area contributed by atoms with E-state index in [1.54, 1.807) is 12.1 Å². The van der Waals surface area contributed by atoms with Gasteiger partial charge in [0.05, 0.1) is 17.1 Å². The Labute approximate surface area is 142 Å². The van der Waals surface area contributed by atoms with Crippen molar-refractivity contribution in [2.45, 2.75) is 0 Å². The van der Waals surface area contributed by atoms with Crippen LogP contribution in [0.5, 0.6) is 11.5 Å². The second-order valence-corrected chi connectivity index (χ2v) is 5.59. The highest BCUT2D eigenvalue weighted by Gasteiger charge is 2.10. The van der Waals surface area contributed by atoms with Crippen LogP contribution < -0.4 is 15.1 Å². The van der Waals surface area contributed by atoms with E-state index in [2.05, 4.69) is 0 Å². The quantitative estimate of drug-likeness (QED) is 0.379. The van der Waals surface area contributed by atoms with Gasteiger partial charge in [-0.25, -0.2) is 4.79 Å². The van der Waals surface area contributed by atoms with Gasteiger partial charge >= 0.3 is 5.63 Å². The van der Waals surface area contributed by atoms with Gasteiger partial charge in [-0.15, -0.1) is 23.2 Å². The van der Waals surface area contributed by atoms with Crippen LogP contribution in [0.1, 0.15) is 0 Å². The first-order valence-electron chi connectivity index (χ1n) is 7.11. The molecule has 0 amide bonds. The van der Waals surface area contributed by atoms with E-state index in [1.807, 2.05) is 24.3 Å². The van der Waals surface area contributed by atoms with E-state index in [0.29, 0.717) is 47.4 Å². The molecule has 0 aliphatic heterocycles. The van der Waals surface area contributed by atoms with Crippen LogP contribution >= 0.6 is 23.2 Å². The third-order valence-corrected chi connectivity index (χ3v) is 3.66. The molecule has 0 saturated carbocycles. The van der Waals surface area contributed by atoms with Gasteiger partial charge in [0.2, 0.25) is 0 Å². The minimum Gasteiger partial charge on any atom is -0.492 e. The lowest BCUT2D eigenvalue weighted by Crippen LogP contribution is -2.03. The summed E-state index contributed by atoms with van der Waals surface area (Å²) in [5, 5.41) is 2.11. The lowest BCUT2D eigenvalue weighted by Gasteiger charge is -2.08. The van der Waals surface area contributed by atoms with E-state index in [1.165, 1.54) is 0 Å². The molecule has 0 radical (unpaired) electrons. The fourth-order valence-electron chi connectivity index (χ4n) is 2.38. The van der Waals surface area contributed by atoms with Gasteiger partial charge in [-0.3, -0.25) is 0 Å². The number of ether oxygens (including phenoxy) is 2. The number of hydrogen-bond donors (Lipinski definition) is 0. The lowest BCUT2D eigenvalue weighted by molar-refractivity contribution is 0.342. The summed E-state index contributed by atoms with van der Waals surface area (Å²) in [7, 11) is 0. The molecule has 6 heteroatoms. The molecule has 3 aromatic rings. The first-order chi connectivity index (χ1) is 11.2. The Kier molecular flexibility index (Phi) is 4.94. The molecule has 1 aromatic heterocycles. The molecule has 0 spiro atoms. The number of rotatable bonds is 6. The van der Waals surface area contributed by atoms with Gasteiger partial charge in [0.15, 0.2) is 0 Å². The second-order valence-electron chi connectivity index (χ2n) is 4.83. The van der Waals surface area contributed by atoms with Crippen LogP contribution in [0.3, 0.4) is 0 Å². The van der Waals surface area contributed by atoms with Crippen molar-refractivity contribution in [1.29, 1.82) is 0 Å². The van der Waals surface area contributed by atoms with Crippen molar-refractivity contribution in [1.82, 2.24) is 0 Å². The summed E-state index contributed by atoms with van der Waals surface area (Å²) in [6.45, 7) is 0.777. The van der Waals surface area contributed by atoms with Crippen LogP contribution in [0.4, 0.5) is 0 Å². The van der Waals surface area contributed by atoms with Gasteiger partial charge in [0.1, 0.15) is 30.3 Å². The Bertz CT molecular complexity index is 889. The SMILES string of the molecule is O=c1oc2cc(OCCCl)ccc2c2ccc(OCCCl)cc12. The van der Waals surface area contributed by atoms with Gasteiger partial charge in [-0.1, -0.05) is 0 Å². The molecule has 0 fully saturated rings. The normalized spacial score (nSPS) is 11.0. The molecule has 4 nitrogen and oxygen atoms in total. The second kappa shape index (κ2) is 7.11. The molecule has 0 aliphatic rings. The van der Waals surface area contributed by atoms with Crippen molar-refractivity contribution >= 4 is 44.9 Å². The van der Waals surface area contributed by atoms with Crippen LogP contribution in [-0.4, -0.2) is 25.0 Å². The van der Waals surface area contributed by atoms with E-state index in [0.717, 1.165) is 10.8 Å². The average Bonchev–Trinajstić information content (AvgIpc) is 2.58. The molecular formula is C17H14Cl2O4. The number of benzene rings is 2. The first-order valence-corrected chi connectivity index (χ1v) is 8.18. The molecule has 3 rings (SSSR count). The Morgan fingerprint density at radius 1 is 0.826 bits per heavy atom. The van der Waals surface area contributed by atoms with Crippen LogP contribution in [0.25, 0.3) is 21.7 Å². The van der Waals surface area contributed by atoms with E-state index in [4.69, 9.17) is 37.1 Å². The molecule has 0 bridgehead atoms. The summed E-state index contributed by atoms with van der Waals surface area (Å²) in [6.07, 6.45) is 0. The van der Waals surface area contributed by atoms with E-state index in [-0.39, 0.29) is 0 Å². The molecule has 0 aliphatic carbocycles. The van der Waals surface area contributed by atoms with Crippen molar-refractivity contribution in [3.05, 3.63) is 46.8 Å². The van der Waals surface area contributed by atoms with Crippen molar-refractivity contribution < 1.29 is 13.9 Å². The summed E-state index contributed by atoms with van der Waals surface area (Å²) in [4.78, 5) is 12.2. The Hall–Kier alpha value is -1.91. The fraction of sp³-hybridized carbons (Fsp3) is 0.235. The molecule has 0 unspecified atom stereocenters. The van der Waals surface area contributed by atoms with Gasteiger partial charge < -0.3 is 13.9 Å². The zero-order valence-electron chi connectivity index (χ0n) is 12.2. The standard InChI is InChI=1S/C17H14Cl2O4/c18-5-7-21-11-1-3-13-14-4-2-12(22-8-6-19)10-16(14)23-17(20)15(13)9-11/h1-4,9-10H,5-8H2. The van der Waals surface area contributed by atoms with Crippen molar-refractivity contribution in [3.8, 4) is 11.5 Å². The monoisotopic (exact) mass is 352 g/mol. The highest BCUT2D eigenvalue weighted by Crippen LogP contribution is 2.28. The van der Waals surface area contributed by atoms with Gasteiger partial charge in [-0.05, 0) is 30.3 Å². The van der Waals surface area contributed by atoms with Crippen molar-refractivity contribution in [2.75, 3.05) is 25.0 Å². The molecule has 120 valence electrons. The third-order valence-electron chi connectivity index (χ3n) is 3.35. The molecule has 0 atom stereocenters. The van der Waals surface area contributed by atoms with E-state index in [9.17, 15) is 4.79 Å². The summed E-state index contributed by atoms with van der Waals surface area (Å²) in [5.74, 6) is 1.98. The van der Waals surface area contributed by atoms with Gasteiger partial charge in [0.25, 0.3) is 0 Å². The van der Waals surface area contributed by atoms with Crippen LogP contribution in [0.15, 0.2) is 45.6 Å². The van der Waals surface area contributed by atoms with Crippen molar-refractivity contribution in [2.24, 2.45) is 0 Å².